The molecule has 1 amide bonds. The van der Waals surface area contributed by atoms with Crippen LogP contribution in [0.25, 0.3) is 0 Å². The smallest absolute Gasteiger partial charge is 0.253 e. The molecule has 0 aromatic heterocycles. The van der Waals surface area contributed by atoms with Gasteiger partial charge in [0.25, 0.3) is 5.91 Å². The third-order valence-corrected chi connectivity index (χ3v) is 3.81. The van der Waals surface area contributed by atoms with Crippen molar-refractivity contribution in [1.82, 2.24) is 10.2 Å². The van der Waals surface area contributed by atoms with Crippen LogP contribution in [-0.4, -0.2) is 56.9 Å². The van der Waals surface area contributed by atoms with Crippen LogP contribution in [0.1, 0.15) is 5.56 Å². The van der Waals surface area contributed by atoms with Gasteiger partial charge in [-0.3, -0.25) is 4.79 Å². The molecule has 0 radical (unpaired) electrons. The van der Waals surface area contributed by atoms with E-state index >= 15 is 0 Å². The van der Waals surface area contributed by atoms with E-state index in [1.807, 2.05) is 0 Å². The summed E-state index contributed by atoms with van der Waals surface area (Å²) in [6, 6.07) is 4.16. The molecule has 1 fully saturated rings. The second-order valence-electron chi connectivity index (χ2n) is 5.05. The zero-order chi connectivity index (χ0) is 15.9. The summed E-state index contributed by atoms with van der Waals surface area (Å²) in [5.74, 6) is -0.520. The third kappa shape index (κ3) is 4.64. The maximum atomic E-state index is 13.1. The first-order valence-electron chi connectivity index (χ1n) is 7.16. The molecule has 0 saturated carbocycles. The van der Waals surface area contributed by atoms with Crippen molar-refractivity contribution >= 4 is 17.5 Å². The number of nitrogens with zero attached hydrogens (tertiary/aromatic N) is 1. The van der Waals surface area contributed by atoms with E-state index in [0.717, 1.165) is 6.54 Å². The van der Waals surface area contributed by atoms with Gasteiger partial charge in [0.1, 0.15) is 11.9 Å². The molecule has 22 heavy (non-hydrogen) atoms. The Morgan fingerprint density at radius 1 is 1.59 bits per heavy atom. The summed E-state index contributed by atoms with van der Waals surface area (Å²) in [7, 11) is 1.58. The zero-order valence-corrected chi connectivity index (χ0v) is 13.2. The topological polar surface area (TPSA) is 50.8 Å². The molecule has 2 rings (SSSR count). The molecule has 1 heterocycles. The van der Waals surface area contributed by atoms with E-state index < -0.39 is 11.9 Å². The van der Waals surface area contributed by atoms with E-state index in [-0.39, 0.29) is 5.91 Å². The number of amides is 1. The standard InChI is InChI=1S/C15H20ClFN2O3/c1-21-7-5-19(15(20)14-9-18-4-6-22-14)10-11-2-3-12(17)8-13(11)16/h2-3,8,14,18H,4-7,9-10H2,1H3. The van der Waals surface area contributed by atoms with Crippen LogP contribution < -0.4 is 5.32 Å². The number of halogens is 2. The van der Waals surface area contributed by atoms with Crippen molar-refractivity contribution in [3.05, 3.63) is 34.6 Å². The summed E-state index contributed by atoms with van der Waals surface area (Å²) in [5.41, 5.74) is 0.691. The molecule has 1 aliphatic heterocycles. The molecule has 1 aromatic carbocycles. The lowest BCUT2D eigenvalue weighted by Gasteiger charge is -2.30. The normalized spacial score (nSPS) is 18.2. The van der Waals surface area contributed by atoms with Gasteiger partial charge in [-0.2, -0.15) is 0 Å². The Hall–Kier alpha value is -1.21. The Bertz CT molecular complexity index is 510. The molecule has 7 heteroatoms. The highest BCUT2D eigenvalue weighted by atomic mass is 35.5. The van der Waals surface area contributed by atoms with Crippen LogP contribution in [0.4, 0.5) is 4.39 Å². The summed E-state index contributed by atoms with van der Waals surface area (Å²) in [6.45, 7) is 2.85. The van der Waals surface area contributed by atoms with Gasteiger partial charge in [0.2, 0.25) is 0 Å². The van der Waals surface area contributed by atoms with Crippen molar-refractivity contribution in [2.24, 2.45) is 0 Å². The monoisotopic (exact) mass is 330 g/mol. The average molecular weight is 331 g/mol. The number of ether oxygens (including phenoxy) is 2. The second-order valence-corrected chi connectivity index (χ2v) is 5.46. The molecule has 1 unspecified atom stereocenters. The van der Waals surface area contributed by atoms with Crippen molar-refractivity contribution in [3.63, 3.8) is 0 Å². The number of nitrogens with one attached hydrogen (secondary N) is 1. The van der Waals surface area contributed by atoms with Crippen molar-refractivity contribution in [2.45, 2.75) is 12.6 Å². The summed E-state index contributed by atoms with van der Waals surface area (Å²) in [4.78, 5) is 14.2. The Morgan fingerprint density at radius 2 is 2.41 bits per heavy atom. The number of methoxy groups -OCH3 is 1. The molecular weight excluding hydrogens is 311 g/mol. The molecule has 1 N–H and O–H groups in total. The van der Waals surface area contributed by atoms with Gasteiger partial charge in [-0.15, -0.1) is 0 Å². The Balaban J connectivity index is 2.09. The summed E-state index contributed by atoms with van der Waals surface area (Å²) in [6.07, 6.45) is -0.509. The maximum absolute atomic E-state index is 13.1. The van der Waals surface area contributed by atoms with Gasteiger partial charge in [-0.05, 0) is 17.7 Å². The molecule has 1 atom stereocenters. The van der Waals surface area contributed by atoms with Gasteiger partial charge in [0.15, 0.2) is 0 Å². The van der Waals surface area contributed by atoms with E-state index in [2.05, 4.69) is 5.32 Å². The summed E-state index contributed by atoms with van der Waals surface area (Å²) < 4.78 is 23.7. The van der Waals surface area contributed by atoms with Crippen LogP contribution in [0.3, 0.4) is 0 Å². The molecule has 1 aliphatic rings. The molecule has 0 spiro atoms. The number of hydrogen-bond acceptors (Lipinski definition) is 4. The minimum atomic E-state index is -0.509. The fourth-order valence-electron chi connectivity index (χ4n) is 2.25. The van der Waals surface area contributed by atoms with Crippen molar-refractivity contribution in [3.8, 4) is 0 Å². The van der Waals surface area contributed by atoms with E-state index in [0.29, 0.717) is 43.4 Å². The fraction of sp³-hybridized carbons (Fsp3) is 0.533. The lowest BCUT2D eigenvalue weighted by molar-refractivity contribution is -0.146. The van der Waals surface area contributed by atoms with Gasteiger partial charge in [-0.1, -0.05) is 17.7 Å². The maximum Gasteiger partial charge on any atom is 0.253 e. The van der Waals surface area contributed by atoms with E-state index in [4.69, 9.17) is 21.1 Å². The molecule has 1 aromatic rings. The minimum Gasteiger partial charge on any atom is -0.383 e. The molecule has 0 bridgehead atoms. The first-order chi connectivity index (χ1) is 10.6. The molecular formula is C15H20ClFN2O3. The SMILES string of the molecule is COCCN(Cc1ccc(F)cc1Cl)C(=O)C1CNCCO1. The van der Waals surface area contributed by atoms with Crippen LogP contribution in [0.15, 0.2) is 18.2 Å². The van der Waals surface area contributed by atoms with Crippen LogP contribution in [0.2, 0.25) is 5.02 Å². The Morgan fingerprint density at radius 3 is 3.05 bits per heavy atom. The highest BCUT2D eigenvalue weighted by Crippen LogP contribution is 2.19. The quantitative estimate of drug-likeness (QED) is 0.857. The summed E-state index contributed by atoms with van der Waals surface area (Å²) >= 11 is 6.05. The molecule has 1 saturated heterocycles. The average Bonchev–Trinajstić information content (AvgIpc) is 2.53. The predicted molar refractivity (Wildman–Crippen MR) is 81.3 cm³/mol. The fourth-order valence-corrected chi connectivity index (χ4v) is 2.48. The van der Waals surface area contributed by atoms with Crippen molar-refractivity contribution in [1.29, 1.82) is 0 Å². The van der Waals surface area contributed by atoms with Gasteiger partial charge >= 0.3 is 0 Å². The van der Waals surface area contributed by atoms with Gasteiger partial charge in [0, 0.05) is 38.3 Å². The highest BCUT2D eigenvalue weighted by Gasteiger charge is 2.27. The van der Waals surface area contributed by atoms with Crippen LogP contribution in [-0.2, 0) is 20.8 Å². The van der Waals surface area contributed by atoms with E-state index in [1.165, 1.54) is 12.1 Å². The third-order valence-electron chi connectivity index (χ3n) is 3.46. The lowest BCUT2D eigenvalue weighted by Crippen LogP contribution is -2.49. The van der Waals surface area contributed by atoms with Gasteiger partial charge in [0.05, 0.1) is 13.2 Å². The minimum absolute atomic E-state index is 0.121. The molecule has 0 aliphatic carbocycles. The lowest BCUT2D eigenvalue weighted by atomic mass is 10.2. The van der Waals surface area contributed by atoms with Crippen molar-refractivity contribution in [2.75, 3.05) is 40.0 Å². The number of carbonyl (C=O) groups is 1. The number of benzene rings is 1. The molecule has 122 valence electrons. The van der Waals surface area contributed by atoms with Crippen molar-refractivity contribution < 1.29 is 18.7 Å². The van der Waals surface area contributed by atoms with Crippen LogP contribution >= 0.6 is 11.6 Å². The number of morpholine rings is 1. The number of rotatable bonds is 6. The zero-order valence-electron chi connectivity index (χ0n) is 12.5. The first-order valence-corrected chi connectivity index (χ1v) is 7.53. The highest BCUT2D eigenvalue weighted by molar-refractivity contribution is 6.31. The second kappa shape index (κ2) is 8.43. The van der Waals surface area contributed by atoms with Crippen LogP contribution in [0.5, 0.6) is 0 Å². The van der Waals surface area contributed by atoms with E-state index in [9.17, 15) is 9.18 Å². The first kappa shape index (κ1) is 17.1. The Labute approximate surface area is 134 Å². The summed E-state index contributed by atoms with van der Waals surface area (Å²) in [5, 5.41) is 3.43. The largest absolute Gasteiger partial charge is 0.383 e. The van der Waals surface area contributed by atoms with Gasteiger partial charge in [-0.25, -0.2) is 4.39 Å². The predicted octanol–water partition coefficient (Wildman–Crippen LogP) is 1.44. The Kier molecular flexibility index (Phi) is 6.57. The van der Waals surface area contributed by atoms with Crippen LogP contribution in [0, 0.1) is 5.82 Å². The van der Waals surface area contributed by atoms with Gasteiger partial charge < -0.3 is 19.7 Å². The molecule has 5 nitrogen and oxygen atoms in total. The number of carbonyl (C=O) groups excluding carboxylic acids is 1. The number of hydrogen-bond donors (Lipinski definition) is 1. The van der Waals surface area contributed by atoms with E-state index in [1.54, 1.807) is 18.1 Å².